The van der Waals surface area contributed by atoms with Gasteiger partial charge in [0.15, 0.2) is 0 Å². The van der Waals surface area contributed by atoms with Crippen molar-refractivity contribution in [3.05, 3.63) is 76.1 Å². The molecule has 0 aliphatic rings. The summed E-state index contributed by atoms with van der Waals surface area (Å²) in [5.41, 5.74) is 3.79. The van der Waals surface area contributed by atoms with Gasteiger partial charge >= 0.3 is 0 Å². The fraction of sp³-hybridized carbons (Fsp3) is 0.227. The Kier molecular flexibility index (Phi) is 5.97. The Balaban J connectivity index is 1.40. The van der Waals surface area contributed by atoms with Gasteiger partial charge in [-0.2, -0.15) is 0 Å². The molecule has 0 saturated heterocycles. The molecule has 0 saturated carbocycles. The predicted octanol–water partition coefficient (Wildman–Crippen LogP) is 5.17. The molecular weight excluding hydrogens is 402 g/mol. The number of rotatable bonds is 7. The van der Waals surface area contributed by atoms with Gasteiger partial charge in [-0.1, -0.05) is 23.4 Å². The van der Waals surface area contributed by atoms with E-state index in [2.05, 4.69) is 45.1 Å². The van der Waals surface area contributed by atoms with E-state index in [9.17, 15) is 4.79 Å². The van der Waals surface area contributed by atoms with Crippen molar-refractivity contribution < 1.29 is 9.32 Å². The molecule has 4 rings (SSSR count). The molecule has 0 radical (unpaired) electrons. The van der Waals surface area contributed by atoms with E-state index in [1.165, 1.54) is 27.4 Å². The van der Waals surface area contributed by atoms with Crippen molar-refractivity contribution in [2.24, 2.45) is 0 Å². The predicted molar refractivity (Wildman–Crippen MR) is 118 cm³/mol. The molecule has 0 bridgehead atoms. The Hall–Kier alpha value is -2.64. The second kappa shape index (κ2) is 8.80. The monoisotopic (exact) mass is 423 g/mol. The van der Waals surface area contributed by atoms with Crippen LogP contribution in [0.2, 0.25) is 0 Å². The molecule has 0 aliphatic carbocycles. The van der Waals surface area contributed by atoms with Crippen LogP contribution in [-0.4, -0.2) is 22.6 Å². The highest BCUT2D eigenvalue weighted by atomic mass is 32.2. The standard InChI is InChI=1S/C22H21N3O2S2/c1-14-19(15(2)27-25-14)13-29-22-18(7-5-10-24-22)21(26)23-11-9-16-12-28-20-8-4-3-6-17(16)20/h3-8,10,12H,9,11,13H2,1-2H3,(H,23,26). The van der Waals surface area contributed by atoms with E-state index in [4.69, 9.17) is 4.52 Å². The number of nitrogens with zero attached hydrogens (tertiary/aromatic N) is 2. The number of benzene rings is 1. The van der Waals surface area contributed by atoms with Crippen LogP contribution in [0.5, 0.6) is 0 Å². The van der Waals surface area contributed by atoms with Crippen LogP contribution in [0.1, 0.15) is 32.9 Å². The van der Waals surface area contributed by atoms with Gasteiger partial charge in [-0.3, -0.25) is 4.79 Å². The van der Waals surface area contributed by atoms with Gasteiger partial charge in [-0.25, -0.2) is 4.98 Å². The number of carbonyl (C=O) groups excluding carboxylic acids is 1. The minimum Gasteiger partial charge on any atom is -0.361 e. The average Bonchev–Trinajstić information content (AvgIpc) is 3.30. The molecule has 1 aromatic carbocycles. The van der Waals surface area contributed by atoms with Crippen molar-refractivity contribution >= 4 is 39.1 Å². The van der Waals surface area contributed by atoms with E-state index in [-0.39, 0.29) is 5.91 Å². The summed E-state index contributed by atoms with van der Waals surface area (Å²) < 4.78 is 6.50. The summed E-state index contributed by atoms with van der Waals surface area (Å²) in [6, 6.07) is 12.0. The van der Waals surface area contributed by atoms with Gasteiger partial charge in [0.2, 0.25) is 0 Å². The summed E-state index contributed by atoms with van der Waals surface area (Å²) >= 11 is 3.26. The van der Waals surface area contributed by atoms with Gasteiger partial charge < -0.3 is 9.84 Å². The summed E-state index contributed by atoms with van der Waals surface area (Å²) in [5, 5.41) is 11.2. The number of thiophene rings is 1. The van der Waals surface area contributed by atoms with Crippen molar-refractivity contribution in [1.82, 2.24) is 15.5 Å². The molecule has 0 fully saturated rings. The summed E-state index contributed by atoms with van der Waals surface area (Å²) in [6.45, 7) is 4.41. The Bertz CT molecular complexity index is 1130. The minimum atomic E-state index is -0.0982. The smallest absolute Gasteiger partial charge is 0.254 e. The van der Waals surface area contributed by atoms with Gasteiger partial charge in [-0.05, 0) is 54.8 Å². The SMILES string of the molecule is Cc1noc(C)c1CSc1ncccc1C(=O)NCCc1csc2ccccc12. The minimum absolute atomic E-state index is 0.0982. The highest BCUT2D eigenvalue weighted by molar-refractivity contribution is 7.98. The summed E-state index contributed by atoms with van der Waals surface area (Å²) in [7, 11) is 0. The number of hydrogen-bond acceptors (Lipinski definition) is 6. The summed E-state index contributed by atoms with van der Waals surface area (Å²) in [4.78, 5) is 17.2. The second-order valence-corrected chi connectivity index (χ2v) is 8.59. The quantitative estimate of drug-likeness (QED) is 0.416. The molecule has 0 atom stereocenters. The number of carbonyl (C=O) groups is 1. The van der Waals surface area contributed by atoms with Gasteiger partial charge in [0.05, 0.1) is 11.3 Å². The maximum atomic E-state index is 12.8. The van der Waals surface area contributed by atoms with Gasteiger partial charge in [0.1, 0.15) is 10.8 Å². The first-order valence-electron chi connectivity index (χ1n) is 9.36. The molecule has 0 aliphatic heterocycles. The molecule has 3 aromatic heterocycles. The number of fused-ring (bicyclic) bond motifs is 1. The van der Waals surface area contributed by atoms with E-state index in [0.29, 0.717) is 22.9 Å². The first kappa shape index (κ1) is 19.7. The Morgan fingerprint density at radius 1 is 1.21 bits per heavy atom. The Morgan fingerprint density at radius 2 is 2.07 bits per heavy atom. The number of pyridine rings is 1. The lowest BCUT2D eigenvalue weighted by atomic mass is 10.1. The first-order valence-corrected chi connectivity index (χ1v) is 11.2. The molecular formula is C22H21N3O2S2. The Morgan fingerprint density at radius 3 is 2.90 bits per heavy atom. The van der Waals surface area contributed by atoms with E-state index >= 15 is 0 Å². The Labute approximate surface area is 177 Å². The van der Waals surface area contributed by atoms with E-state index in [0.717, 1.165) is 23.4 Å². The highest BCUT2D eigenvalue weighted by Crippen LogP contribution is 2.28. The summed E-state index contributed by atoms with van der Waals surface area (Å²) in [6.07, 6.45) is 2.52. The van der Waals surface area contributed by atoms with Crippen LogP contribution in [-0.2, 0) is 12.2 Å². The first-order chi connectivity index (χ1) is 14.1. The van der Waals surface area contributed by atoms with Crippen molar-refractivity contribution in [2.75, 3.05) is 6.54 Å². The highest BCUT2D eigenvalue weighted by Gasteiger charge is 2.15. The van der Waals surface area contributed by atoms with Gasteiger partial charge in [0.25, 0.3) is 5.91 Å². The second-order valence-electron chi connectivity index (χ2n) is 6.71. The van der Waals surface area contributed by atoms with Crippen molar-refractivity contribution in [2.45, 2.75) is 31.0 Å². The number of amides is 1. The van der Waals surface area contributed by atoms with Crippen molar-refractivity contribution in [1.29, 1.82) is 0 Å². The molecule has 0 spiro atoms. The molecule has 148 valence electrons. The van der Waals surface area contributed by atoms with E-state index in [1.54, 1.807) is 23.6 Å². The molecule has 29 heavy (non-hydrogen) atoms. The molecule has 0 unspecified atom stereocenters. The van der Waals surface area contributed by atoms with Gasteiger partial charge in [-0.15, -0.1) is 23.1 Å². The van der Waals surface area contributed by atoms with Crippen LogP contribution < -0.4 is 5.32 Å². The summed E-state index contributed by atoms with van der Waals surface area (Å²) in [5.74, 6) is 1.37. The van der Waals surface area contributed by atoms with E-state index in [1.807, 2.05) is 19.9 Å². The molecule has 1 N–H and O–H groups in total. The third-order valence-electron chi connectivity index (χ3n) is 4.79. The lowest BCUT2D eigenvalue weighted by molar-refractivity contribution is 0.0950. The van der Waals surface area contributed by atoms with Crippen LogP contribution in [0, 0.1) is 13.8 Å². The zero-order chi connectivity index (χ0) is 20.2. The molecule has 5 nitrogen and oxygen atoms in total. The maximum absolute atomic E-state index is 12.8. The number of aryl methyl sites for hydroxylation is 2. The molecule has 3 heterocycles. The third-order valence-corrected chi connectivity index (χ3v) is 6.84. The lowest BCUT2D eigenvalue weighted by Crippen LogP contribution is -2.26. The van der Waals surface area contributed by atoms with Crippen LogP contribution in [0.25, 0.3) is 10.1 Å². The topological polar surface area (TPSA) is 68.0 Å². The zero-order valence-electron chi connectivity index (χ0n) is 16.3. The number of aromatic nitrogens is 2. The average molecular weight is 424 g/mol. The van der Waals surface area contributed by atoms with Crippen molar-refractivity contribution in [3.63, 3.8) is 0 Å². The lowest BCUT2D eigenvalue weighted by Gasteiger charge is -2.09. The van der Waals surface area contributed by atoms with Gasteiger partial charge in [0, 0.05) is 28.8 Å². The van der Waals surface area contributed by atoms with Crippen LogP contribution in [0.3, 0.4) is 0 Å². The molecule has 7 heteroatoms. The maximum Gasteiger partial charge on any atom is 0.254 e. The molecule has 1 amide bonds. The van der Waals surface area contributed by atoms with Crippen molar-refractivity contribution in [3.8, 4) is 0 Å². The third kappa shape index (κ3) is 4.36. The largest absolute Gasteiger partial charge is 0.361 e. The number of thioether (sulfide) groups is 1. The fourth-order valence-corrected chi connectivity index (χ4v) is 5.30. The molecule has 4 aromatic rings. The number of hydrogen-bond donors (Lipinski definition) is 1. The van der Waals surface area contributed by atoms with Crippen LogP contribution in [0.4, 0.5) is 0 Å². The van der Waals surface area contributed by atoms with Crippen LogP contribution in [0.15, 0.2) is 57.5 Å². The zero-order valence-corrected chi connectivity index (χ0v) is 17.9. The normalized spacial score (nSPS) is 11.1. The van der Waals surface area contributed by atoms with Crippen LogP contribution >= 0.6 is 23.1 Å². The fourth-order valence-electron chi connectivity index (χ4n) is 3.16. The van der Waals surface area contributed by atoms with E-state index < -0.39 is 0 Å². The number of nitrogens with one attached hydrogen (secondary N) is 1.